The van der Waals surface area contributed by atoms with E-state index in [1.165, 1.54) is 4.90 Å². The van der Waals surface area contributed by atoms with Crippen LogP contribution in [0.5, 0.6) is 0 Å². The van der Waals surface area contributed by atoms with Crippen LogP contribution in [0, 0.1) is 11.6 Å². The number of likely N-dealkylation sites (tertiary alicyclic amines) is 1. The van der Waals surface area contributed by atoms with E-state index in [-0.39, 0.29) is 5.46 Å². The fourth-order valence-corrected chi connectivity index (χ4v) is 2.99. The zero-order chi connectivity index (χ0) is 17.7. The molecule has 24 heavy (non-hydrogen) atoms. The predicted molar refractivity (Wildman–Crippen MR) is 87.2 cm³/mol. The summed E-state index contributed by atoms with van der Waals surface area (Å²) in [4.78, 5) is 13.8. The van der Waals surface area contributed by atoms with Gasteiger partial charge in [-0.1, -0.05) is 0 Å². The van der Waals surface area contributed by atoms with Crippen molar-refractivity contribution in [2.45, 2.75) is 51.7 Å². The molecule has 7 heteroatoms. The zero-order valence-electron chi connectivity index (χ0n) is 14.5. The van der Waals surface area contributed by atoms with Crippen molar-refractivity contribution in [2.75, 3.05) is 13.1 Å². The van der Waals surface area contributed by atoms with Crippen LogP contribution in [0.25, 0.3) is 0 Å². The highest BCUT2D eigenvalue weighted by Gasteiger charge is 2.52. The van der Waals surface area contributed by atoms with E-state index in [9.17, 15) is 13.6 Å². The summed E-state index contributed by atoms with van der Waals surface area (Å²) in [7, 11) is -0.866. The second kappa shape index (κ2) is 5.81. The third-order valence-corrected chi connectivity index (χ3v) is 5.20. The van der Waals surface area contributed by atoms with E-state index < -0.39 is 41.4 Å². The van der Waals surface area contributed by atoms with Crippen LogP contribution in [0.4, 0.5) is 8.78 Å². The van der Waals surface area contributed by atoms with Crippen LogP contribution in [-0.4, -0.2) is 42.2 Å². The van der Waals surface area contributed by atoms with Crippen molar-refractivity contribution in [1.29, 1.82) is 0 Å². The third kappa shape index (κ3) is 2.84. The van der Waals surface area contributed by atoms with Crippen LogP contribution in [0.3, 0.4) is 0 Å². The molecule has 0 spiro atoms. The van der Waals surface area contributed by atoms with E-state index in [0.29, 0.717) is 13.1 Å². The first kappa shape index (κ1) is 17.4. The molecule has 1 aromatic rings. The number of amides is 1. The van der Waals surface area contributed by atoms with Crippen LogP contribution in [0.2, 0.25) is 0 Å². The van der Waals surface area contributed by atoms with Crippen molar-refractivity contribution in [1.82, 2.24) is 4.90 Å². The number of carbonyl (C=O) groups excluding carboxylic acids is 1. The average Bonchev–Trinajstić information content (AvgIpc) is 3.05. The molecule has 0 atom stereocenters. The molecule has 1 amide bonds. The van der Waals surface area contributed by atoms with E-state index in [4.69, 9.17) is 9.31 Å². The molecule has 3 rings (SSSR count). The normalized spacial score (nSPS) is 22.2. The van der Waals surface area contributed by atoms with E-state index >= 15 is 0 Å². The van der Waals surface area contributed by atoms with Gasteiger partial charge in [0.2, 0.25) is 0 Å². The highest BCUT2D eigenvalue weighted by atomic mass is 19.1. The van der Waals surface area contributed by atoms with Crippen LogP contribution < -0.4 is 5.46 Å². The zero-order valence-corrected chi connectivity index (χ0v) is 14.5. The standard InChI is InChI=1S/C17H22BF2NO3/c1-16(2)17(3,4)24-18(23-16)11-9-12(19)14(13(20)10-11)15(22)21-7-5-6-8-21/h9-10H,5-8H2,1-4H3. The predicted octanol–water partition coefficient (Wildman–Crippen LogP) is 2.50. The number of nitrogens with zero attached hydrogens (tertiary/aromatic N) is 1. The number of benzene rings is 1. The summed E-state index contributed by atoms with van der Waals surface area (Å²) in [5, 5.41) is 0. The summed E-state index contributed by atoms with van der Waals surface area (Å²) in [6.07, 6.45) is 1.72. The monoisotopic (exact) mass is 337 g/mol. The molecule has 0 aliphatic carbocycles. The number of hydrogen-bond acceptors (Lipinski definition) is 3. The molecule has 130 valence electrons. The van der Waals surface area contributed by atoms with Crippen molar-refractivity contribution in [3.63, 3.8) is 0 Å². The van der Waals surface area contributed by atoms with Gasteiger partial charge in [-0.2, -0.15) is 0 Å². The maximum atomic E-state index is 14.5. The molecule has 0 radical (unpaired) electrons. The molecule has 0 N–H and O–H groups in total. The highest BCUT2D eigenvalue weighted by molar-refractivity contribution is 6.62. The van der Waals surface area contributed by atoms with Gasteiger partial charge < -0.3 is 14.2 Å². The van der Waals surface area contributed by atoms with Crippen LogP contribution >= 0.6 is 0 Å². The Kier molecular flexibility index (Phi) is 4.20. The van der Waals surface area contributed by atoms with E-state index in [0.717, 1.165) is 25.0 Å². The van der Waals surface area contributed by atoms with Crippen molar-refractivity contribution >= 4 is 18.5 Å². The summed E-state index contributed by atoms with van der Waals surface area (Å²) in [5.41, 5.74) is -1.47. The van der Waals surface area contributed by atoms with Gasteiger partial charge in [0, 0.05) is 13.1 Å². The van der Waals surface area contributed by atoms with E-state index in [2.05, 4.69) is 0 Å². The van der Waals surface area contributed by atoms with Crippen molar-refractivity contribution < 1.29 is 22.9 Å². The molecule has 2 aliphatic heterocycles. The topological polar surface area (TPSA) is 38.8 Å². The Morgan fingerprint density at radius 1 is 1.04 bits per heavy atom. The molecular formula is C17H22BF2NO3. The lowest BCUT2D eigenvalue weighted by molar-refractivity contribution is 0.00578. The van der Waals surface area contributed by atoms with Gasteiger partial charge in [0.15, 0.2) is 0 Å². The third-order valence-electron chi connectivity index (χ3n) is 5.20. The van der Waals surface area contributed by atoms with Gasteiger partial charge in [-0.3, -0.25) is 4.79 Å². The summed E-state index contributed by atoms with van der Waals surface area (Å²) in [5.74, 6) is -2.35. The minimum atomic E-state index is -0.878. The second-order valence-electron chi connectivity index (χ2n) is 7.45. The van der Waals surface area contributed by atoms with Gasteiger partial charge in [-0.05, 0) is 58.1 Å². The fraction of sp³-hybridized carbons (Fsp3) is 0.588. The molecule has 2 fully saturated rings. The quantitative estimate of drug-likeness (QED) is 0.779. The maximum Gasteiger partial charge on any atom is 0.495 e. The smallest absolute Gasteiger partial charge is 0.399 e. The summed E-state index contributed by atoms with van der Waals surface area (Å²) in [6, 6.07) is 2.27. The lowest BCUT2D eigenvalue weighted by Gasteiger charge is -2.32. The van der Waals surface area contributed by atoms with Crippen molar-refractivity contribution in [3.05, 3.63) is 29.3 Å². The number of halogens is 2. The minimum absolute atomic E-state index is 0.238. The van der Waals surface area contributed by atoms with Gasteiger partial charge in [-0.25, -0.2) is 8.78 Å². The molecule has 2 aliphatic rings. The molecular weight excluding hydrogens is 315 g/mol. The minimum Gasteiger partial charge on any atom is -0.399 e. The number of carbonyl (C=O) groups is 1. The molecule has 1 aromatic carbocycles. The Bertz CT molecular complexity index is 633. The first-order valence-electron chi connectivity index (χ1n) is 8.26. The Balaban J connectivity index is 1.89. The lowest BCUT2D eigenvalue weighted by atomic mass is 9.78. The van der Waals surface area contributed by atoms with Crippen LogP contribution in [0.1, 0.15) is 50.9 Å². The highest BCUT2D eigenvalue weighted by Crippen LogP contribution is 2.36. The first-order valence-corrected chi connectivity index (χ1v) is 8.26. The maximum absolute atomic E-state index is 14.5. The first-order chi connectivity index (χ1) is 11.1. The molecule has 2 heterocycles. The lowest BCUT2D eigenvalue weighted by Crippen LogP contribution is -2.41. The Morgan fingerprint density at radius 2 is 1.50 bits per heavy atom. The molecule has 0 aromatic heterocycles. The summed E-state index contributed by atoms with van der Waals surface area (Å²) >= 11 is 0. The van der Waals surface area contributed by atoms with E-state index in [1.807, 2.05) is 27.7 Å². The van der Waals surface area contributed by atoms with Gasteiger partial charge in [-0.15, -0.1) is 0 Å². The summed E-state index contributed by atoms with van der Waals surface area (Å²) in [6.45, 7) is 8.54. The molecule has 0 unspecified atom stereocenters. The van der Waals surface area contributed by atoms with Crippen molar-refractivity contribution in [2.24, 2.45) is 0 Å². The SMILES string of the molecule is CC1(C)OB(c2cc(F)c(C(=O)N3CCCC3)c(F)c2)OC1(C)C. The van der Waals surface area contributed by atoms with Crippen molar-refractivity contribution in [3.8, 4) is 0 Å². The molecule has 2 saturated heterocycles. The second-order valence-corrected chi connectivity index (χ2v) is 7.45. The Hall–Kier alpha value is -1.47. The molecule has 4 nitrogen and oxygen atoms in total. The van der Waals surface area contributed by atoms with Gasteiger partial charge in [0.25, 0.3) is 5.91 Å². The fourth-order valence-electron chi connectivity index (χ4n) is 2.99. The number of rotatable bonds is 2. The molecule has 0 saturated carbocycles. The van der Waals surface area contributed by atoms with Gasteiger partial charge in [0.05, 0.1) is 11.2 Å². The summed E-state index contributed by atoms with van der Waals surface area (Å²) < 4.78 is 40.5. The largest absolute Gasteiger partial charge is 0.495 e. The average molecular weight is 337 g/mol. The molecule has 0 bridgehead atoms. The van der Waals surface area contributed by atoms with E-state index in [1.54, 1.807) is 0 Å². The Labute approximate surface area is 141 Å². The van der Waals surface area contributed by atoms with Crippen LogP contribution in [-0.2, 0) is 9.31 Å². The van der Waals surface area contributed by atoms with Crippen LogP contribution in [0.15, 0.2) is 12.1 Å². The Morgan fingerprint density at radius 3 is 1.96 bits per heavy atom. The van der Waals surface area contributed by atoms with Gasteiger partial charge in [0.1, 0.15) is 17.2 Å². The number of hydrogen-bond donors (Lipinski definition) is 0. The van der Waals surface area contributed by atoms with Gasteiger partial charge >= 0.3 is 7.12 Å².